The van der Waals surface area contributed by atoms with E-state index >= 15 is 0 Å². The minimum absolute atomic E-state index is 0.00423. The first-order valence-electron chi connectivity index (χ1n) is 10.6. The van der Waals surface area contributed by atoms with Crippen LogP contribution in [0.4, 0.5) is 0 Å². The molecular weight excluding hydrogens is 400 g/mol. The molecule has 2 amide bonds. The summed E-state index contributed by atoms with van der Waals surface area (Å²) in [5, 5.41) is 3.02. The zero-order chi connectivity index (χ0) is 20.9. The third-order valence-corrected chi connectivity index (χ3v) is 6.45. The van der Waals surface area contributed by atoms with Crippen molar-refractivity contribution in [3.63, 3.8) is 0 Å². The molecule has 1 N–H and O–H groups in total. The molecule has 0 aliphatic carbocycles. The Hall–Kier alpha value is -2.44. The van der Waals surface area contributed by atoms with Gasteiger partial charge in [-0.2, -0.15) is 0 Å². The number of hydrogen-bond donors (Lipinski definition) is 1. The summed E-state index contributed by atoms with van der Waals surface area (Å²) >= 11 is 5.74. The van der Waals surface area contributed by atoms with Gasteiger partial charge in [0.1, 0.15) is 5.15 Å². The predicted octanol–water partition coefficient (Wildman–Crippen LogP) is 2.95. The van der Waals surface area contributed by atoms with Crippen LogP contribution in [0.3, 0.4) is 0 Å². The van der Waals surface area contributed by atoms with Gasteiger partial charge in [-0.05, 0) is 56.0 Å². The van der Waals surface area contributed by atoms with Gasteiger partial charge in [-0.15, -0.1) is 0 Å². The molecule has 7 heteroatoms. The van der Waals surface area contributed by atoms with Crippen molar-refractivity contribution in [3.05, 3.63) is 64.9 Å². The van der Waals surface area contributed by atoms with Crippen molar-refractivity contribution >= 4 is 23.4 Å². The van der Waals surface area contributed by atoms with E-state index in [2.05, 4.69) is 45.5 Å². The van der Waals surface area contributed by atoms with Crippen LogP contribution in [0, 0.1) is 0 Å². The molecular formula is C23H27ClN4O2. The van der Waals surface area contributed by atoms with Crippen LogP contribution in [0.1, 0.15) is 41.1 Å². The number of amides is 2. The fourth-order valence-electron chi connectivity index (χ4n) is 4.47. The lowest BCUT2D eigenvalue weighted by Crippen LogP contribution is -2.44. The number of nitrogens with zero attached hydrogens (tertiary/aromatic N) is 3. The van der Waals surface area contributed by atoms with Crippen LogP contribution in [0.25, 0.3) is 0 Å². The van der Waals surface area contributed by atoms with Gasteiger partial charge < -0.3 is 10.2 Å². The second kappa shape index (κ2) is 9.58. The molecule has 2 aliphatic heterocycles. The van der Waals surface area contributed by atoms with E-state index in [-0.39, 0.29) is 18.4 Å². The van der Waals surface area contributed by atoms with E-state index in [0.717, 1.165) is 32.6 Å². The highest BCUT2D eigenvalue weighted by atomic mass is 35.5. The molecule has 0 spiro atoms. The summed E-state index contributed by atoms with van der Waals surface area (Å²) in [6.07, 6.45) is 4.74. The van der Waals surface area contributed by atoms with E-state index in [1.807, 2.05) is 4.90 Å². The number of rotatable bonds is 5. The number of halogens is 1. The van der Waals surface area contributed by atoms with E-state index < -0.39 is 0 Å². The highest BCUT2D eigenvalue weighted by molar-refractivity contribution is 6.29. The number of carbonyl (C=O) groups excluding carboxylic acids is 2. The molecule has 6 nitrogen and oxygen atoms in total. The summed E-state index contributed by atoms with van der Waals surface area (Å²) in [5.74, 6) is 0.289. The minimum Gasteiger partial charge on any atom is -0.343 e. The number of likely N-dealkylation sites (tertiary alicyclic amines) is 2. The summed E-state index contributed by atoms with van der Waals surface area (Å²) in [4.78, 5) is 33.0. The molecule has 1 unspecified atom stereocenters. The molecule has 2 aromatic rings. The third kappa shape index (κ3) is 4.99. The maximum Gasteiger partial charge on any atom is 0.253 e. The fourth-order valence-corrected chi connectivity index (χ4v) is 4.58. The quantitative estimate of drug-likeness (QED) is 0.746. The molecule has 0 radical (unpaired) electrons. The summed E-state index contributed by atoms with van der Waals surface area (Å²) < 4.78 is 0. The molecule has 4 rings (SSSR count). The van der Waals surface area contributed by atoms with Crippen molar-refractivity contribution in [1.29, 1.82) is 0 Å². The molecule has 2 aliphatic rings. The van der Waals surface area contributed by atoms with Crippen LogP contribution in [0.5, 0.6) is 0 Å². The van der Waals surface area contributed by atoms with Gasteiger partial charge in [0.2, 0.25) is 5.91 Å². The maximum absolute atomic E-state index is 12.6. The number of aromatic nitrogens is 1. The van der Waals surface area contributed by atoms with Crippen LogP contribution in [0.15, 0.2) is 48.7 Å². The molecule has 0 saturated carbocycles. The Kier molecular flexibility index (Phi) is 6.65. The Morgan fingerprint density at radius 2 is 1.80 bits per heavy atom. The Morgan fingerprint density at radius 3 is 2.50 bits per heavy atom. The van der Waals surface area contributed by atoms with Crippen molar-refractivity contribution in [2.45, 2.75) is 31.2 Å². The zero-order valence-corrected chi connectivity index (χ0v) is 17.7. The molecule has 2 saturated heterocycles. The van der Waals surface area contributed by atoms with Crippen molar-refractivity contribution < 1.29 is 9.59 Å². The van der Waals surface area contributed by atoms with Crippen molar-refractivity contribution in [2.75, 3.05) is 32.7 Å². The average Bonchev–Trinajstić information content (AvgIpc) is 3.29. The fraction of sp³-hybridized carbons (Fsp3) is 0.435. The summed E-state index contributed by atoms with van der Waals surface area (Å²) in [6, 6.07) is 14.3. The van der Waals surface area contributed by atoms with Crippen LogP contribution >= 0.6 is 11.6 Å². The number of benzene rings is 1. The lowest BCUT2D eigenvalue weighted by Gasteiger charge is -2.36. The van der Waals surface area contributed by atoms with Gasteiger partial charge >= 0.3 is 0 Å². The minimum atomic E-state index is -0.314. The van der Waals surface area contributed by atoms with Gasteiger partial charge in [-0.1, -0.05) is 41.9 Å². The maximum atomic E-state index is 12.6. The second-order valence-corrected chi connectivity index (χ2v) is 8.44. The van der Waals surface area contributed by atoms with E-state index in [4.69, 9.17) is 11.6 Å². The largest absolute Gasteiger partial charge is 0.343 e. The monoisotopic (exact) mass is 426 g/mol. The first-order valence-corrected chi connectivity index (χ1v) is 10.9. The number of hydrogen-bond acceptors (Lipinski definition) is 4. The van der Waals surface area contributed by atoms with Crippen molar-refractivity contribution in [2.24, 2.45) is 0 Å². The van der Waals surface area contributed by atoms with Crippen LogP contribution in [-0.2, 0) is 4.79 Å². The first-order chi connectivity index (χ1) is 14.6. The summed E-state index contributed by atoms with van der Waals surface area (Å²) in [6.45, 7) is 3.65. The van der Waals surface area contributed by atoms with E-state index in [0.29, 0.717) is 22.7 Å². The number of carbonyl (C=O) groups is 2. The zero-order valence-electron chi connectivity index (χ0n) is 17.0. The van der Waals surface area contributed by atoms with Gasteiger partial charge in [0.15, 0.2) is 0 Å². The molecule has 2 fully saturated rings. The summed E-state index contributed by atoms with van der Waals surface area (Å²) in [7, 11) is 0. The van der Waals surface area contributed by atoms with Crippen LogP contribution < -0.4 is 5.32 Å². The normalized spacial score (nSPS) is 20.3. The smallest absolute Gasteiger partial charge is 0.253 e. The van der Waals surface area contributed by atoms with E-state index in [1.165, 1.54) is 24.6 Å². The van der Waals surface area contributed by atoms with Gasteiger partial charge in [0.05, 0.1) is 12.1 Å². The molecule has 3 heterocycles. The molecule has 158 valence electrons. The van der Waals surface area contributed by atoms with Gasteiger partial charge in [0, 0.05) is 25.3 Å². The highest BCUT2D eigenvalue weighted by Gasteiger charge is 2.32. The Balaban J connectivity index is 1.22. The van der Waals surface area contributed by atoms with Gasteiger partial charge in [0.25, 0.3) is 5.91 Å². The van der Waals surface area contributed by atoms with Gasteiger partial charge in [-0.25, -0.2) is 4.98 Å². The van der Waals surface area contributed by atoms with Crippen LogP contribution in [0.2, 0.25) is 5.15 Å². The lowest BCUT2D eigenvalue weighted by atomic mass is 9.89. The Labute approximate surface area is 182 Å². The van der Waals surface area contributed by atoms with Crippen LogP contribution in [-0.4, -0.2) is 65.4 Å². The first kappa shape index (κ1) is 20.8. The van der Waals surface area contributed by atoms with Gasteiger partial charge in [-0.3, -0.25) is 14.5 Å². The standard InChI is InChI=1S/C23H27ClN4O2/c24-21-7-6-19(14-25-21)23(30)26-15-22(29)28-13-10-20(16-28)27-11-8-18(9-12-27)17-4-2-1-3-5-17/h1-7,14,18,20H,8-13,15-16H2,(H,26,30). The van der Waals surface area contributed by atoms with Crippen molar-refractivity contribution in [1.82, 2.24) is 20.1 Å². The SMILES string of the molecule is O=C(NCC(=O)N1CCC(N2CCC(c3ccccc3)CC2)C1)c1ccc(Cl)nc1. The predicted molar refractivity (Wildman–Crippen MR) is 117 cm³/mol. The average molecular weight is 427 g/mol. The highest BCUT2D eigenvalue weighted by Crippen LogP contribution is 2.30. The molecule has 1 aromatic carbocycles. The number of pyridine rings is 1. The van der Waals surface area contributed by atoms with E-state index in [1.54, 1.807) is 12.1 Å². The second-order valence-electron chi connectivity index (χ2n) is 8.06. The number of piperidine rings is 1. The Morgan fingerprint density at radius 1 is 1.03 bits per heavy atom. The lowest BCUT2D eigenvalue weighted by molar-refractivity contribution is -0.129. The molecule has 30 heavy (non-hydrogen) atoms. The molecule has 1 atom stereocenters. The molecule has 1 aromatic heterocycles. The molecule has 0 bridgehead atoms. The number of nitrogens with one attached hydrogen (secondary N) is 1. The summed E-state index contributed by atoms with van der Waals surface area (Å²) in [5.41, 5.74) is 1.83. The van der Waals surface area contributed by atoms with E-state index in [9.17, 15) is 9.59 Å². The third-order valence-electron chi connectivity index (χ3n) is 6.22. The topological polar surface area (TPSA) is 65.5 Å². The van der Waals surface area contributed by atoms with Crippen molar-refractivity contribution in [3.8, 4) is 0 Å². The Bertz CT molecular complexity index is 867.